The third kappa shape index (κ3) is 38.4. The maximum Gasteiger partial charge on any atom is 0.167 e. The summed E-state index contributed by atoms with van der Waals surface area (Å²) in [5.74, 6) is 0. The summed E-state index contributed by atoms with van der Waals surface area (Å²) in [4.78, 5) is 0. The molecule has 17 heavy (non-hydrogen) atoms. The summed E-state index contributed by atoms with van der Waals surface area (Å²) < 4.78 is 5.40. The minimum absolute atomic E-state index is 0. The third-order valence-electron chi connectivity index (χ3n) is 1.12. The van der Waals surface area contributed by atoms with Crippen molar-refractivity contribution in [2.24, 2.45) is 0 Å². The molecule has 1 aliphatic rings. The van der Waals surface area contributed by atoms with Crippen LogP contribution in [0.3, 0.4) is 0 Å². The molecule has 0 aromatic carbocycles. The first kappa shape index (κ1) is 36.0. The largest absolute Gasteiger partial charge is 0.491 e. The van der Waals surface area contributed by atoms with Crippen LogP contribution in [0.1, 0.15) is 6.42 Å². The first-order chi connectivity index (χ1) is 5.56. The van der Waals surface area contributed by atoms with Crippen molar-refractivity contribution in [2.45, 2.75) is 26.1 Å². The summed E-state index contributed by atoms with van der Waals surface area (Å²) >= 11 is 0. The van der Waals surface area contributed by atoms with Crippen LogP contribution < -0.4 is 0 Å². The summed E-state index contributed by atoms with van der Waals surface area (Å²) in [6.45, 7) is 10.3. The molecule has 112 valence electrons. The quantitative estimate of drug-likeness (QED) is 0.456. The monoisotopic (exact) mass is 453 g/mol. The van der Waals surface area contributed by atoms with Crippen LogP contribution in [0.4, 0.5) is 0 Å². The van der Waals surface area contributed by atoms with Crippen LogP contribution in [0, 0.1) is 42.3 Å². The van der Waals surface area contributed by atoms with Gasteiger partial charge in [-0.15, -0.1) is 6.42 Å². The van der Waals surface area contributed by atoms with E-state index in [2.05, 4.69) is 38.3 Å². The van der Waals surface area contributed by atoms with E-state index in [1.807, 2.05) is 12.2 Å². The molecular formula is C13H30OPtSi2-6. The van der Waals surface area contributed by atoms with Gasteiger partial charge in [-0.1, -0.05) is 0 Å². The van der Waals surface area contributed by atoms with Crippen molar-refractivity contribution in [1.82, 2.24) is 0 Å². The Bertz CT molecular complexity index is 153. The molecule has 0 atom stereocenters. The van der Waals surface area contributed by atoms with Gasteiger partial charge in [-0.25, -0.2) is 12.2 Å². The Labute approximate surface area is 129 Å². The normalized spacial score (nSPS) is 10.8. The predicted molar refractivity (Wildman–Crippen MR) is 85.6 cm³/mol. The summed E-state index contributed by atoms with van der Waals surface area (Å²) in [6, 6.07) is 0. The van der Waals surface area contributed by atoms with E-state index in [1.54, 1.807) is 0 Å². The Hall–Kier alpha value is 0.562. The van der Waals surface area contributed by atoms with E-state index >= 15 is 0 Å². The molecule has 0 heterocycles. The van der Waals surface area contributed by atoms with E-state index in [-0.39, 0.29) is 60.5 Å². The van der Waals surface area contributed by atoms with Gasteiger partial charge < -0.3 is 40.4 Å². The molecule has 0 aromatic heterocycles. The Morgan fingerprint density at radius 2 is 1.65 bits per heavy atom. The maximum atomic E-state index is 5.40. The van der Waals surface area contributed by atoms with E-state index < -0.39 is 8.32 Å². The predicted octanol–water partition coefficient (Wildman–Crippen LogP) is 3.82. The van der Waals surface area contributed by atoms with Crippen LogP contribution in [0.5, 0.6) is 0 Å². The average molecular weight is 454 g/mol. The first-order valence-electron chi connectivity index (χ1n) is 4.21. The molecule has 1 nitrogen and oxygen atoms in total. The number of allylic oxidation sites excluding steroid dienone is 4. The molecule has 0 saturated carbocycles. The molecule has 0 radical (unpaired) electrons. The van der Waals surface area contributed by atoms with Gasteiger partial charge in [-0.3, -0.25) is 6.08 Å². The smallest absolute Gasteiger partial charge is 0.167 e. The van der Waals surface area contributed by atoms with Gasteiger partial charge in [-0.05, 0) is 29.4 Å². The molecule has 0 saturated heterocycles. The number of hydrogen-bond donors (Lipinski definition) is 0. The van der Waals surface area contributed by atoms with Gasteiger partial charge >= 0.3 is 0 Å². The van der Waals surface area contributed by atoms with Crippen LogP contribution in [0.25, 0.3) is 0 Å². The zero-order valence-corrected chi connectivity index (χ0v) is 17.3. The molecule has 0 unspecified atom stereocenters. The maximum absolute atomic E-state index is 5.40. The van der Waals surface area contributed by atoms with Gasteiger partial charge in [0.25, 0.3) is 0 Å². The van der Waals surface area contributed by atoms with Gasteiger partial charge in [0.15, 0.2) is 8.32 Å². The second-order valence-corrected chi connectivity index (χ2v) is 9.25. The van der Waals surface area contributed by atoms with Crippen LogP contribution >= 0.6 is 0 Å². The minimum Gasteiger partial charge on any atom is -0.491 e. The summed E-state index contributed by atoms with van der Waals surface area (Å²) in [6.07, 6.45) is 10.0. The third-order valence-corrected chi connectivity index (χ3v) is 5.40. The number of hydrogen-bond acceptors (Lipinski definition) is 1. The molecule has 4 heteroatoms. The molecule has 0 aliphatic heterocycles. The van der Waals surface area contributed by atoms with Gasteiger partial charge in [0, 0.05) is 21.1 Å². The fourth-order valence-electron chi connectivity index (χ4n) is 0.646. The van der Waals surface area contributed by atoms with Crippen molar-refractivity contribution in [3.05, 3.63) is 60.6 Å². The Kier molecular flexibility index (Phi) is 46.2. The standard InChI is InChI=1S/C5H5.C4H13OSi2.4CH3.Pt/c1-2-4-5-3-1;1-6-5-7(2,3)4;;;;;/h1-3H,4H2;1,6H2,2-4H3;4*1H3;/q6*-1;. The summed E-state index contributed by atoms with van der Waals surface area (Å²) in [7, 11) is -1.54. The fraction of sp³-hybridized carbons (Fsp3) is 0.308. The molecule has 0 fully saturated rings. The zero-order chi connectivity index (χ0) is 9.45. The molecule has 0 spiro atoms. The van der Waals surface area contributed by atoms with Crippen molar-refractivity contribution in [3.8, 4) is 0 Å². The van der Waals surface area contributed by atoms with Crippen LogP contribution in [-0.4, -0.2) is 18.1 Å². The summed E-state index contributed by atoms with van der Waals surface area (Å²) in [5, 5.41) is 0. The topological polar surface area (TPSA) is 9.23 Å². The molecule has 0 bridgehead atoms. The molecule has 0 amide bonds. The summed E-state index contributed by atoms with van der Waals surface area (Å²) in [5.41, 5.74) is 0. The fourth-order valence-corrected chi connectivity index (χ4v) is 3.10. The van der Waals surface area contributed by atoms with E-state index in [0.717, 1.165) is 6.42 Å². The van der Waals surface area contributed by atoms with Crippen molar-refractivity contribution in [1.29, 1.82) is 0 Å². The van der Waals surface area contributed by atoms with Gasteiger partial charge in [0.2, 0.25) is 0 Å². The van der Waals surface area contributed by atoms with Crippen molar-refractivity contribution in [2.75, 3.05) is 0 Å². The van der Waals surface area contributed by atoms with Crippen molar-refractivity contribution in [3.63, 3.8) is 0 Å². The Morgan fingerprint density at radius 3 is 1.71 bits per heavy atom. The van der Waals surface area contributed by atoms with Gasteiger partial charge in [-0.2, -0.15) is 6.08 Å². The minimum atomic E-state index is -1.16. The zero-order valence-electron chi connectivity index (χ0n) is 12.6. The molecular weight excluding hydrogens is 423 g/mol. The van der Waals surface area contributed by atoms with Crippen molar-refractivity contribution < 1.29 is 25.2 Å². The molecule has 0 aromatic rings. The van der Waals surface area contributed by atoms with E-state index in [1.165, 1.54) is 0 Å². The van der Waals surface area contributed by atoms with Crippen LogP contribution in [0.15, 0.2) is 18.2 Å². The molecule has 1 aliphatic carbocycles. The molecule has 0 N–H and O–H groups in total. The Balaban J connectivity index is -0.0000000280. The molecule has 1 rings (SSSR count). The van der Waals surface area contributed by atoms with Gasteiger partial charge in [0.05, 0.1) is 0 Å². The van der Waals surface area contributed by atoms with E-state index in [4.69, 9.17) is 4.12 Å². The Morgan fingerprint density at radius 1 is 1.18 bits per heavy atom. The second-order valence-electron chi connectivity index (χ2n) is 3.46. The van der Waals surface area contributed by atoms with Crippen LogP contribution in [0.2, 0.25) is 19.6 Å². The van der Waals surface area contributed by atoms with Crippen molar-refractivity contribution >= 4 is 18.1 Å². The van der Waals surface area contributed by atoms with E-state index in [0.29, 0.717) is 0 Å². The second kappa shape index (κ2) is 21.8. The number of rotatable bonds is 2. The van der Waals surface area contributed by atoms with Crippen LogP contribution in [-0.2, 0) is 25.2 Å². The average Bonchev–Trinajstić information content (AvgIpc) is 2.38. The van der Waals surface area contributed by atoms with Gasteiger partial charge in [0.1, 0.15) is 0 Å². The SMILES string of the molecule is [C-]1=CC=CC1.[CH2-][SiH2]O[Si](C)(C)C.[CH3-].[CH3-].[CH3-].[CH3-].[Pt]. The van der Waals surface area contributed by atoms with E-state index in [9.17, 15) is 0 Å². The first-order valence-corrected chi connectivity index (χ1v) is 9.20.